The number of benzene rings is 1. The first-order valence-electron chi connectivity index (χ1n) is 9.29. The molecule has 0 aliphatic carbocycles. The van der Waals surface area contributed by atoms with Crippen LogP contribution < -0.4 is 10.2 Å². The van der Waals surface area contributed by atoms with Gasteiger partial charge in [-0.25, -0.2) is 14.5 Å². The average Bonchev–Trinajstić information content (AvgIpc) is 3.18. The molecule has 1 aliphatic rings. The molecule has 4 heterocycles. The molecule has 140 valence electrons. The van der Waals surface area contributed by atoms with Crippen molar-refractivity contribution in [2.45, 2.75) is 0 Å². The summed E-state index contributed by atoms with van der Waals surface area (Å²) in [5.74, 6) is 0.996. The van der Waals surface area contributed by atoms with Gasteiger partial charge in [-0.05, 0) is 35.4 Å². The van der Waals surface area contributed by atoms with E-state index < -0.39 is 0 Å². The summed E-state index contributed by atoms with van der Waals surface area (Å²) in [4.78, 5) is 11.5. The van der Waals surface area contributed by atoms with Gasteiger partial charge in [0, 0.05) is 60.9 Å². The van der Waals surface area contributed by atoms with Gasteiger partial charge in [-0.3, -0.25) is 0 Å². The Bertz CT molecular complexity index is 1120. The second kappa shape index (κ2) is 7.22. The first kappa shape index (κ1) is 17.2. The largest absolute Gasteiger partial charge is 0.354 e. The van der Waals surface area contributed by atoms with Gasteiger partial charge < -0.3 is 10.2 Å². The van der Waals surface area contributed by atoms with Gasteiger partial charge in [0.05, 0.1) is 6.20 Å². The van der Waals surface area contributed by atoms with Gasteiger partial charge in [-0.15, -0.1) is 0 Å². The van der Waals surface area contributed by atoms with E-state index in [2.05, 4.69) is 31.3 Å². The van der Waals surface area contributed by atoms with Crippen LogP contribution in [0.15, 0.2) is 61.2 Å². The lowest BCUT2D eigenvalue weighted by molar-refractivity contribution is 0.585. The maximum absolute atomic E-state index is 5.99. The number of aromatic nitrogens is 4. The second-order valence-corrected chi connectivity index (χ2v) is 7.25. The predicted octanol–water partition coefficient (Wildman–Crippen LogP) is 3.52. The summed E-state index contributed by atoms with van der Waals surface area (Å²) < 4.78 is 1.82. The van der Waals surface area contributed by atoms with Crippen molar-refractivity contribution in [3.8, 4) is 22.3 Å². The van der Waals surface area contributed by atoms with Crippen LogP contribution in [0, 0.1) is 0 Å². The van der Waals surface area contributed by atoms with E-state index in [9.17, 15) is 0 Å². The van der Waals surface area contributed by atoms with Gasteiger partial charge in [-0.1, -0.05) is 23.7 Å². The molecule has 5 rings (SSSR count). The van der Waals surface area contributed by atoms with Gasteiger partial charge in [0.2, 0.25) is 0 Å². The van der Waals surface area contributed by atoms with Crippen LogP contribution in [0.4, 0.5) is 5.82 Å². The van der Waals surface area contributed by atoms with Crippen molar-refractivity contribution in [2.24, 2.45) is 0 Å². The topological polar surface area (TPSA) is 58.4 Å². The van der Waals surface area contributed by atoms with Crippen LogP contribution in [0.2, 0.25) is 5.02 Å². The summed E-state index contributed by atoms with van der Waals surface area (Å²) in [6, 6.07) is 11.9. The quantitative estimate of drug-likeness (QED) is 0.580. The van der Waals surface area contributed by atoms with E-state index in [0.29, 0.717) is 0 Å². The molecule has 4 aromatic rings. The zero-order valence-electron chi connectivity index (χ0n) is 15.2. The number of piperazine rings is 1. The van der Waals surface area contributed by atoms with E-state index in [1.54, 1.807) is 0 Å². The Morgan fingerprint density at radius 3 is 2.54 bits per heavy atom. The van der Waals surface area contributed by atoms with Gasteiger partial charge in [-0.2, -0.15) is 5.10 Å². The molecule has 7 heteroatoms. The highest BCUT2D eigenvalue weighted by atomic mass is 35.5. The second-order valence-electron chi connectivity index (χ2n) is 6.82. The molecule has 3 aromatic heterocycles. The molecule has 1 N–H and O–H groups in total. The Morgan fingerprint density at radius 2 is 1.71 bits per heavy atom. The predicted molar refractivity (Wildman–Crippen MR) is 112 cm³/mol. The number of anilines is 1. The molecule has 6 nitrogen and oxygen atoms in total. The Balaban J connectivity index is 1.51. The number of halogens is 1. The zero-order chi connectivity index (χ0) is 18.9. The fourth-order valence-corrected chi connectivity index (χ4v) is 3.65. The number of fused-ring (bicyclic) bond motifs is 1. The SMILES string of the molecule is Clc1ccc(-c2cnc3c(-c4ccnc(N5CCNCC5)c4)cnn3c2)cc1. The van der Waals surface area contributed by atoms with Crippen molar-refractivity contribution in [1.29, 1.82) is 0 Å². The van der Waals surface area contributed by atoms with E-state index in [1.807, 2.05) is 59.6 Å². The van der Waals surface area contributed by atoms with E-state index in [0.717, 1.165) is 64.9 Å². The number of hydrogen-bond acceptors (Lipinski definition) is 5. The summed E-state index contributed by atoms with van der Waals surface area (Å²) in [6.45, 7) is 3.90. The highest BCUT2D eigenvalue weighted by Gasteiger charge is 2.14. The number of nitrogens with zero attached hydrogens (tertiary/aromatic N) is 5. The first-order chi connectivity index (χ1) is 13.8. The van der Waals surface area contributed by atoms with Crippen molar-refractivity contribution >= 4 is 23.1 Å². The molecule has 0 saturated carbocycles. The lowest BCUT2D eigenvalue weighted by Gasteiger charge is -2.28. The summed E-state index contributed by atoms with van der Waals surface area (Å²) in [5.41, 5.74) is 4.96. The molecule has 0 radical (unpaired) electrons. The molecule has 0 amide bonds. The van der Waals surface area contributed by atoms with Crippen molar-refractivity contribution in [1.82, 2.24) is 24.9 Å². The molecule has 28 heavy (non-hydrogen) atoms. The van der Waals surface area contributed by atoms with Crippen LogP contribution in [-0.4, -0.2) is 45.8 Å². The lowest BCUT2D eigenvalue weighted by Crippen LogP contribution is -2.43. The molecule has 0 atom stereocenters. The van der Waals surface area contributed by atoms with Crippen LogP contribution in [-0.2, 0) is 0 Å². The molecule has 0 spiro atoms. The minimum atomic E-state index is 0.720. The van der Waals surface area contributed by atoms with E-state index >= 15 is 0 Å². The van der Waals surface area contributed by atoms with Crippen LogP contribution in [0.3, 0.4) is 0 Å². The van der Waals surface area contributed by atoms with Gasteiger partial charge in [0.15, 0.2) is 5.65 Å². The normalized spacial score (nSPS) is 14.5. The smallest absolute Gasteiger partial charge is 0.162 e. The third-order valence-electron chi connectivity index (χ3n) is 5.03. The van der Waals surface area contributed by atoms with Crippen LogP contribution >= 0.6 is 11.6 Å². The average molecular weight is 391 g/mol. The monoisotopic (exact) mass is 390 g/mol. The van der Waals surface area contributed by atoms with Crippen molar-refractivity contribution in [2.75, 3.05) is 31.1 Å². The Labute approximate surface area is 167 Å². The maximum atomic E-state index is 5.99. The number of hydrogen-bond donors (Lipinski definition) is 1. The molecule has 1 fully saturated rings. The fraction of sp³-hybridized carbons (Fsp3) is 0.190. The van der Waals surface area contributed by atoms with E-state index in [-0.39, 0.29) is 0 Å². The molecular weight excluding hydrogens is 372 g/mol. The van der Waals surface area contributed by atoms with Crippen LogP contribution in [0.25, 0.3) is 27.9 Å². The van der Waals surface area contributed by atoms with Gasteiger partial charge in [0.25, 0.3) is 0 Å². The standard InChI is InChI=1S/C21H19ClN6/c22-18-3-1-15(2-4-18)17-12-25-21-19(13-26-28(21)14-17)16-5-6-24-20(11-16)27-9-7-23-8-10-27/h1-6,11-14,23H,7-10H2. The van der Waals surface area contributed by atoms with Crippen molar-refractivity contribution in [3.05, 3.63) is 66.2 Å². The highest BCUT2D eigenvalue weighted by Crippen LogP contribution is 2.28. The fourth-order valence-electron chi connectivity index (χ4n) is 3.52. The van der Waals surface area contributed by atoms with Gasteiger partial charge in [0.1, 0.15) is 5.82 Å². The minimum Gasteiger partial charge on any atom is -0.354 e. The van der Waals surface area contributed by atoms with Gasteiger partial charge >= 0.3 is 0 Å². The summed E-state index contributed by atoms with van der Waals surface area (Å²) >= 11 is 5.99. The minimum absolute atomic E-state index is 0.720. The number of rotatable bonds is 3. The third-order valence-corrected chi connectivity index (χ3v) is 5.28. The first-order valence-corrected chi connectivity index (χ1v) is 9.67. The lowest BCUT2D eigenvalue weighted by atomic mass is 10.1. The summed E-state index contributed by atoms with van der Waals surface area (Å²) in [5, 5.41) is 8.62. The Morgan fingerprint density at radius 1 is 0.893 bits per heavy atom. The molecule has 1 aliphatic heterocycles. The maximum Gasteiger partial charge on any atom is 0.162 e. The summed E-state index contributed by atoms with van der Waals surface area (Å²) in [7, 11) is 0. The molecule has 0 unspecified atom stereocenters. The molecule has 0 bridgehead atoms. The number of nitrogens with one attached hydrogen (secondary N) is 1. The third kappa shape index (κ3) is 3.21. The molecule has 1 saturated heterocycles. The van der Waals surface area contributed by atoms with Crippen molar-refractivity contribution in [3.63, 3.8) is 0 Å². The Hall–Kier alpha value is -2.96. The van der Waals surface area contributed by atoms with Crippen molar-refractivity contribution < 1.29 is 0 Å². The summed E-state index contributed by atoms with van der Waals surface area (Å²) in [6.07, 6.45) is 7.60. The van der Waals surface area contributed by atoms with E-state index in [4.69, 9.17) is 11.6 Å². The highest BCUT2D eigenvalue weighted by molar-refractivity contribution is 6.30. The zero-order valence-corrected chi connectivity index (χ0v) is 16.0. The Kier molecular flexibility index (Phi) is 4.43. The van der Waals surface area contributed by atoms with E-state index in [1.165, 1.54) is 0 Å². The van der Waals surface area contributed by atoms with Crippen LogP contribution in [0.5, 0.6) is 0 Å². The van der Waals surface area contributed by atoms with Crippen LogP contribution in [0.1, 0.15) is 0 Å². The molecule has 1 aromatic carbocycles. The number of pyridine rings is 1. The molecular formula is C21H19ClN6.